The van der Waals surface area contributed by atoms with Crippen LogP contribution in [0.4, 0.5) is 8.78 Å². The second kappa shape index (κ2) is 11.7. The zero-order valence-corrected chi connectivity index (χ0v) is 22.8. The average molecular weight is 566 g/mol. The molecule has 0 aromatic heterocycles. The Kier molecular flexibility index (Phi) is 8.78. The molecule has 1 aliphatic rings. The number of hydrogen-bond acceptors (Lipinski definition) is 5. The van der Waals surface area contributed by atoms with Crippen molar-refractivity contribution in [3.8, 4) is 5.75 Å². The van der Waals surface area contributed by atoms with E-state index >= 15 is 0 Å². The van der Waals surface area contributed by atoms with E-state index in [4.69, 9.17) is 18.8 Å². The first kappa shape index (κ1) is 28.5. The number of halogens is 2. The molecule has 6 nitrogen and oxygen atoms in total. The van der Waals surface area contributed by atoms with Crippen LogP contribution < -0.4 is 4.74 Å². The lowest BCUT2D eigenvalue weighted by atomic mass is 10.1. The van der Waals surface area contributed by atoms with E-state index < -0.39 is 38.2 Å². The Balaban J connectivity index is 1.61. The van der Waals surface area contributed by atoms with E-state index in [0.717, 1.165) is 46.4 Å². The summed E-state index contributed by atoms with van der Waals surface area (Å²) in [6.07, 6.45) is 1.00. The molecule has 1 saturated heterocycles. The Morgan fingerprint density at radius 1 is 0.868 bits per heavy atom. The summed E-state index contributed by atoms with van der Waals surface area (Å²) in [6.45, 7) is 4.10. The van der Waals surface area contributed by atoms with Gasteiger partial charge in [-0.1, -0.05) is 18.2 Å². The number of benzene rings is 3. The van der Waals surface area contributed by atoms with Crippen molar-refractivity contribution in [1.82, 2.24) is 0 Å². The second-order valence-electron chi connectivity index (χ2n) is 9.12. The van der Waals surface area contributed by atoms with E-state index in [9.17, 15) is 17.2 Å². The van der Waals surface area contributed by atoms with Crippen LogP contribution in [0.2, 0.25) is 0 Å². The van der Waals surface area contributed by atoms with E-state index in [1.54, 1.807) is 12.1 Å². The molecule has 0 spiro atoms. The predicted molar refractivity (Wildman–Crippen MR) is 141 cm³/mol. The predicted octanol–water partition coefficient (Wildman–Crippen LogP) is 6.42. The minimum atomic E-state index is -5.61. The third-order valence-corrected chi connectivity index (χ3v) is 9.58. The third-order valence-electron chi connectivity index (χ3n) is 6.33. The maximum Gasteiger partial charge on any atom is 0.405 e. The highest BCUT2D eigenvalue weighted by Crippen LogP contribution is 2.36. The first-order valence-electron chi connectivity index (χ1n) is 12.3. The number of alkyl halides is 2. The molecule has 2 atom stereocenters. The molecule has 1 fully saturated rings. The summed E-state index contributed by atoms with van der Waals surface area (Å²) in [5.41, 5.74) is 0.928. The molecule has 0 radical (unpaired) electrons. The summed E-state index contributed by atoms with van der Waals surface area (Å²) >= 11 is 0. The van der Waals surface area contributed by atoms with Gasteiger partial charge in [-0.15, -0.1) is 0 Å². The average Bonchev–Trinajstić information content (AvgIpc) is 2.88. The molecule has 10 heteroatoms. The number of hydrogen-bond donors (Lipinski definition) is 1. The molecule has 204 valence electrons. The van der Waals surface area contributed by atoms with E-state index in [0.29, 0.717) is 13.2 Å². The van der Waals surface area contributed by atoms with E-state index in [-0.39, 0.29) is 5.75 Å². The Bertz CT molecular complexity index is 1290. The van der Waals surface area contributed by atoms with Crippen LogP contribution in [0.5, 0.6) is 5.75 Å². The van der Waals surface area contributed by atoms with Gasteiger partial charge in [0.15, 0.2) is 26.6 Å². The molecule has 4 rings (SSSR count). The topological polar surface area (TPSA) is 82.1 Å². The molecule has 3 aromatic rings. The molecule has 38 heavy (non-hydrogen) atoms. The molecule has 3 aromatic carbocycles. The van der Waals surface area contributed by atoms with Crippen LogP contribution in [0.25, 0.3) is 0 Å². The molecule has 0 aliphatic carbocycles. The van der Waals surface area contributed by atoms with Crippen LogP contribution >= 0.6 is 0 Å². The van der Waals surface area contributed by atoms with Gasteiger partial charge in [0, 0.05) is 5.56 Å². The van der Waals surface area contributed by atoms with Crippen LogP contribution in [0.3, 0.4) is 0 Å². The van der Waals surface area contributed by atoms with Crippen molar-refractivity contribution in [3.63, 3.8) is 0 Å². The summed E-state index contributed by atoms with van der Waals surface area (Å²) in [4.78, 5) is 3.01. The fourth-order valence-electron chi connectivity index (χ4n) is 4.12. The summed E-state index contributed by atoms with van der Waals surface area (Å²) in [6, 6.07) is 24.6. The first-order chi connectivity index (χ1) is 18.0. The van der Waals surface area contributed by atoms with Crippen molar-refractivity contribution in [2.24, 2.45) is 0 Å². The minimum absolute atomic E-state index is 0.0584. The monoisotopic (exact) mass is 565 g/mol. The Morgan fingerprint density at radius 2 is 1.37 bits per heavy atom. The van der Waals surface area contributed by atoms with Crippen LogP contribution in [-0.2, 0) is 36.3 Å². The molecule has 0 saturated carbocycles. The van der Waals surface area contributed by atoms with Crippen LogP contribution in [0, 0.1) is 0 Å². The molecule has 2 unspecified atom stereocenters. The lowest BCUT2D eigenvalue weighted by Crippen LogP contribution is -2.42. The maximum absolute atomic E-state index is 13.9. The highest BCUT2D eigenvalue weighted by atomic mass is 32.2. The van der Waals surface area contributed by atoms with Gasteiger partial charge in [0.05, 0.1) is 24.1 Å². The quantitative estimate of drug-likeness (QED) is 0.251. The van der Waals surface area contributed by atoms with Gasteiger partial charge in [-0.25, -0.2) is 0 Å². The molecule has 1 heterocycles. The van der Waals surface area contributed by atoms with Crippen molar-refractivity contribution >= 4 is 21.0 Å². The zero-order chi connectivity index (χ0) is 27.4. The summed E-state index contributed by atoms with van der Waals surface area (Å²) in [5, 5.41) is -4.44. The molecule has 0 bridgehead atoms. The third kappa shape index (κ3) is 6.38. The van der Waals surface area contributed by atoms with Crippen molar-refractivity contribution in [2.45, 2.75) is 64.9 Å². The lowest BCUT2D eigenvalue weighted by molar-refractivity contribution is -0.241. The standard InChI is InChI=1S/C28H30F2O6S2/c1-21(28(29,30)38(31,32)33)36-23-13-17-26(18-14-23)37(24-9-5-3-6-10-24)25-15-11-22(12-16-25)27(2)34-19-7-4-8-20-35-27/h3,5-6,9-18,21H,4,7-8,19-20H2,1-2H3/p+1. The van der Waals surface area contributed by atoms with Crippen molar-refractivity contribution in [2.75, 3.05) is 13.2 Å². The minimum Gasteiger partial charge on any atom is -0.483 e. The van der Waals surface area contributed by atoms with Crippen LogP contribution in [0.1, 0.15) is 38.7 Å². The van der Waals surface area contributed by atoms with Gasteiger partial charge < -0.3 is 14.2 Å². The van der Waals surface area contributed by atoms with Gasteiger partial charge in [0.25, 0.3) is 0 Å². The number of rotatable bonds is 8. The smallest absolute Gasteiger partial charge is 0.405 e. The molecule has 0 amide bonds. The van der Waals surface area contributed by atoms with E-state index in [1.807, 2.05) is 61.5 Å². The van der Waals surface area contributed by atoms with Gasteiger partial charge in [-0.3, -0.25) is 4.55 Å². The van der Waals surface area contributed by atoms with Crippen molar-refractivity contribution in [1.29, 1.82) is 0 Å². The van der Waals surface area contributed by atoms with Crippen molar-refractivity contribution in [3.05, 3.63) is 84.4 Å². The highest BCUT2D eigenvalue weighted by Gasteiger charge is 2.51. The molecule has 1 aliphatic heterocycles. The summed E-state index contributed by atoms with van der Waals surface area (Å²) in [5.74, 6) is -0.757. The SMILES string of the molecule is CC(Oc1ccc([S+](c2ccccc2)c2ccc(C3(C)OCCCCCO3)cc2)cc1)C(F)(F)S(=O)(=O)O. The van der Waals surface area contributed by atoms with Gasteiger partial charge in [0.2, 0.25) is 0 Å². The van der Waals surface area contributed by atoms with Gasteiger partial charge in [-0.2, -0.15) is 17.2 Å². The maximum atomic E-state index is 13.9. The Morgan fingerprint density at radius 3 is 1.89 bits per heavy atom. The Hall–Kier alpha value is -2.50. The van der Waals surface area contributed by atoms with Gasteiger partial charge in [-0.05, 0) is 93.8 Å². The van der Waals surface area contributed by atoms with Crippen LogP contribution in [-0.4, -0.2) is 37.5 Å². The lowest BCUT2D eigenvalue weighted by Gasteiger charge is -2.32. The zero-order valence-electron chi connectivity index (χ0n) is 21.2. The fraction of sp³-hybridized carbons (Fsp3) is 0.357. The molecular formula is C28H31F2O6S2+. The molecule has 1 N–H and O–H groups in total. The Labute approximate surface area is 225 Å². The highest BCUT2D eigenvalue weighted by molar-refractivity contribution is 7.97. The second-order valence-corrected chi connectivity index (χ2v) is 12.6. The van der Waals surface area contributed by atoms with E-state index in [2.05, 4.69) is 0 Å². The van der Waals surface area contributed by atoms with Gasteiger partial charge >= 0.3 is 15.4 Å². The van der Waals surface area contributed by atoms with Crippen LogP contribution in [0.15, 0.2) is 93.5 Å². The molecular weight excluding hydrogens is 534 g/mol. The summed E-state index contributed by atoms with van der Waals surface area (Å²) in [7, 11) is -6.13. The summed E-state index contributed by atoms with van der Waals surface area (Å²) < 4.78 is 76.0. The normalized spacial score (nSPS) is 18.1. The van der Waals surface area contributed by atoms with Gasteiger partial charge in [0.1, 0.15) is 5.75 Å². The van der Waals surface area contributed by atoms with Crippen molar-refractivity contribution < 1.29 is 36.0 Å². The largest absolute Gasteiger partial charge is 0.483 e. The number of ether oxygens (including phenoxy) is 3. The fourth-order valence-corrected chi connectivity index (χ4v) is 6.65. The first-order valence-corrected chi connectivity index (χ1v) is 15.0. The van der Waals surface area contributed by atoms with E-state index in [1.165, 1.54) is 12.1 Å².